The molecular weight excluding hydrogens is 307 g/mol. The summed E-state index contributed by atoms with van der Waals surface area (Å²) in [6.07, 6.45) is -4.53. The highest BCUT2D eigenvalue weighted by molar-refractivity contribution is 7.13. The summed E-state index contributed by atoms with van der Waals surface area (Å²) in [5, 5.41) is 25.7. The highest BCUT2D eigenvalue weighted by Gasteiger charge is 2.34. The zero-order chi connectivity index (χ0) is 15.8. The number of aromatic nitrogens is 1. The quantitative estimate of drug-likeness (QED) is 0.682. The molecule has 0 amide bonds. The Morgan fingerprint density at radius 1 is 1.38 bits per heavy atom. The largest absolute Gasteiger partial charge is 0.868 e. The number of phenols is 1. The number of nitrogens with zero attached hydrogens (tertiary/aromatic N) is 3. The lowest BCUT2D eigenvalue weighted by Gasteiger charge is -2.10. The summed E-state index contributed by atoms with van der Waals surface area (Å²) in [6, 6.07) is 2.38. The van der Waals surface area contributed by atoms with Crippen molar-refractivity contribution in [1.82, 2.24) is 4.98 Å². The minimum absolute atomic E-state index is 0.114. The first kappa shape index (κ1) is 15.2. The van der Waals surface area contributed by atoms with Gasteiger partial charge in [0, 0.05) is 16.1 Å². The Hall–Kier alpha value is -2.16. The number of alkyl halides is 3. The number of hydrogen-bond donors (Lipinski definition) is 1. The Labute approximate surface area is 121 Å². The van der Waals surface area contributed by atoms with Crippen LogP contribution in [0.4, 0.5) is 24.0 Å². The molecule has 1 heterocycles. The van der Waals surface area contributed by atoms with Crippen LogP contribution < -0.4 is 5.11 Å². The predicted octanol–water partition coefficient (Wildman–Crippen LogP) is 3.31. The first-order valence-electron chi connectivity index (χ1n) is 5.67. The molecule has 1 aromatic carbocycles. The molecule has 2 rings (SSSR count). The smallest absolute Gasteiger partial charge is 0.434 e. The molecule has 0 aliphatic rings. The number of azo groups is 2. The third-order valence-electron chi connectivity index (χ3n) is 2.59. The number of rotatable bonds is 2. The molecule has 112 valence electrons. The number of halogens is 3. The summed E-state index contributed by atoms with van der Waals surface area (Å²) in [6.45, 7) is 1.59. The van der Waals surface area contributed by atoms with Crippen LogP contribution in [-0.2, 0) is 6.18 Å². The standard InChI is InChI=1S/C12H10F3N3O2S/c1-6-3-7(19)4-8(20)10(6)18(2)17-11-16-9(5-21-11)12(13,14)15/h3-5H,1-2H3,(H-,16,17,19,20). The van der Waals surface area contributed by atoms with Crippen molar-refractivity contribution in [3.63, 3.8) is 0 Å². The molecule has 0 unspecified atom stereocenters. The van der Waals surface area contributed by atoms with Gasteiger partial charge in [-0.15, -0.1) is 0 Å². The molecule has 5 nitrogen and oxygen atoms in total. The van der Waals surface area contributed by atoms with Crippen LogP contribution in [0.15, 0.2) is 22.6 Å². The lowest BCUT2D eigenvalue weighted by molar-refractivity contribution is -0.483. The minimum Gasteiger partial charge on any atom is -0.868 e. The molecule has 1 N–H and O–H groups in total. The molecule has 0 aliphatic heterocycles. The lowest BCUT2D eigenvalue weighted by atomic mass is 10.1. The molecule has 0 fully saturated rings. The van der Waals surface area contributed by atoms with E-state index in [0.717, 1.165) is 27.5 Å². The second kappa shape index (κ2) is 5.32. The van der Waals surface area contributed by atoms with Gasteiger partial charge in [-0.25, -0.2) is 4.98 Å². The van der Waals surface area contributed by atoms with E-state index >= 15 is 0 Å². The highest BCUT2D eigenvalue weighted by atomic mass is 32.1. The molecule has 0 atom stereocenters. The van der Waals surface area contributed by atoms with Crippen LogP contribution in [0.1, 0.15) is 11.3 Å². The average molecular weight is 317 g/mol. The number of aromatic hydroxyl groups is 1. The van der Waals surface area contributed by atoms with Gasteiger partial charge in [0.15, 0.2) is 12.7 Å². The summed E-state index contributed by atoms with van der Waals surface area (Å²) in [4.78, 5) is 3.36. The Bertz CT molecular complexity index is 687. The molecule has 0 bridgehead atoms. The third-order valence-corrected chi connectivity index (χ3v) is 3.32. The zero-order valence-corrected chi connectivity index (χ0v) is 11.8. The summed E-state index contributed by atoms with van der Waals surface area (Å²) in [5.74, 6) is -0.658. The van der Waals surface area contributed by atoms with Crippen molar-refractivity contribution in [2.75, 3.05) is 7.05 Å². The van der Waals surface area contributed by atoms with Crippen LogP contribution in [0, 0.1) is 6.92 Å². The van der Waals surface area contributed by atoms with E-state index in [0.29, 0.717) is 5.56 Å². The minimum atomic E-state index is -4.53. The van der Waals surface area contributed by atoms with Gasteiger partial charge in [-0.1, -0.05) is 16.0 Å². The Morgan fingerprint density at radius 2 is 2.05 bits per heavy atom. The Balaban J connectivity index is 2.40. The molecule has 0 saturated heterocycles. The first-order valence-corrected chi connectivity index (χ1v) is 6.55. The SMILES string of the molecule is Cc1cc(O)cc([O-])c1[N+](C)=Nc1nc(C(F)(F)F)cs1. The van der Waals surface area contributed by atoms with Gasteiger partial charge in [0.05, 0.1) is 0 Å². The highest BCUT2D eigenvalue weighted by Crippen LogP contribution is 2.35. The number of benzene rings is 1. The number of phenolic OH excluding ortho intramolecular Hbond substituents is 1. The molecule has 21 heavy (non-hydrogen) atoms. The second-order valence-corrected chi connectivity index (χ2v) is 5.08. The van der Waals surface area contributed by atoms with E-state index in [9.17, 15) is 23.4 Å². The molecule has 0 saturated carbocycles. The van der Waals surface area contributed by atoms with Crippen molar-refractivity contribution in [2.24, 2.45) is 5.11 Å². The van der Waals surface area contributed by atoms with Gasteiger partial charge in [-0.2, -0.15) is 13.2 Å². The van der Waals surface area contributed by atoms with E-state index in [4.69, 9.17) is 0 Å². The third kappa shape index (κ3) is 3.30. The van der Waals surface area contributed by atoms with Crippen LogP contribution in [0.25, 0.3) is 0 Å². The van der Waals surface area contributed by atoms with Crippen molar-refractivity contribution in [3.05, 3.63) is 28.8 Å². The van der Waals surface area contributed by atoms with Crippen molar-refractivity contribution < 1.29 is 28.1 Å². The monoisotopic (exact) mass is 317 g/mol. The fraction of sp³-hybridized carbons (Fsp3) is 0.250. The molecule has 0 spiro atoms. The van der Waals surface area contributed by atoms with E-state index in [-0.39, 0.29) is 16.6 Å². The van der Waals surface area contributed by atoms with Gasteiger partial charge >= 0.3 is 6.18 Å². The van der Waals surface area contributed by atoms with Crippen LogP contribution in [0.2, 0.25) is 0 Å². The molecule has 1 aromatic heterocycles. The fourth-order valence-corrected chi connectivity index (χ4v) is 2.49. The van der Waals surface area contributed by atoms with Gasteiger partial charge in [-0.05, 0) is 24.8 Å². The van der Waals surface area contributed by atoms with Crippen molar-refractivity contribution >= 4 is 22.2 Å². The summed E-state index contributed by atoms with van der Waals surface area (Å²) in [5.41, 5.74) is -0.403. The molecule has 0 radical (unpaired) electrons. The number of thiazole rings is 1. The van der Waals surface area contributed by atoms with Crippen molar-refractivity contribution in [1.29, 1.82) is 0 Å². The molecular formula is C12H10F3N3O2S. The first-order chi connectivity index (χ1) is 9.68. The lowest BCUT2D eigenvalue weighted by Crippen LogP contribution is -2.05. The average Bonchev–Trinajstić information content (AvgIpc) is 2.75. The van der Waals surface area contributed by atoms with Gasteiger partial charge in [0.25, 0.3) is 5.13 Å². The van der Waals surface area contributed by atoms with E-state index < -0.39 is 17.6 Å². The molecule has 0 aliphatic carbocycles. The van der Waals surface area contributed by atoms with E-state index in [2.05, 4.69) is 10.1 Å². The molecule has 2 aromatic rings. The van der Waals surface area contributed by atoms with Crippen LogP contribution >= 0.6 is 11.3 Å². The second-order valence-electron chi connectivity index (χ2n) is 4.25. The van der Waals surface area contributed by atoms with E-state index in [1.165, 1.54) is 13.1 Å². The summed E-state index contributed by atoms with van der Waals surface area (Å²) in [7, 11) is 1.43. The van der Waals surface area contributed by atoms with Crippen LogP contribution in [-0.4, -0.2) is 21.8 Å². The summed E-state index contributed by atoms with van der Waals surface area (Å²) < 4.78 is 38.5. The van der Waals surface area contributed by atoms with Crippen LogP contribution in [0.5, 0.6) is 11.5 Å². The number of aryl methyl sites for hydroxylation is 1. The topological polar surface area (TPSA) is 71.5 Å². The maximum Gasteiger partial charge on any atom is 0.434 e. The van der Waals surface area contributed by atoms with Gasteiger partial charge in [-0.3, -0.25) is 0 Å². The van der Waals surface area contributed by atoms with Gasteiger partial charge < -0.3 is 10.2 Å². The normalized spacial score (nSPS) is 12.7. The Morgan fingerprint density at radius 3 is 2.57 bits per heavy atom. The van der Waals surface area contributed by atoms with Gasteiger partial charge in [0.2, 0.25) is 5.69 Å². The Kier molecular flexibility index (Phi) is 3.86. The van der Waals surface area contributed by atoms with E-state index in [1.807, 2.05) is 0 Å². The van der Waals surface area contributed by atoms with Gasteiger partial charge in [0.1, 0.15) is 5.75 Å². The fourth-order valence-electron chi connectivity index (χ4n) is 1.76. The van der Waals surface area contributed by atoms with Crippen molar-refractivity contribution in [2.45, 2.75) is 13.1 Å². The number of hydrogen-bond acceptors (Lipinski definition) is 5. The maximum absolute atomic E-state index is 12.4. The van der Waals surface area contributed by atoms with Crippen LogP contribution in [0.3, 0.4) is 0 Å². The molecule has 9 heteroatoms. The van der Waals surface area contributed by atoms with Crippen molar-refractivity contribution in [3.8, 4) is 11.5 Å². The maximum atomic E-state index is 12.4. The zero-order valence-electron chi connectivity index (χ0n) is 11.0. The summed E-state index contributed by atoms with van der Waals surface area (Å²) >= 11 is 0.723. The predicted molar refractivity (Wildman–Crippen MR) is 67.3 cm³/mol. The van der Waals surface area contributed by atoms with E-state index in [1.54, 1.807) is 6.92 Å².